The molecule has 0 fully saturated rings. The molecule has 0 spiro atoms. The van der Waals surface area contributed by atoms with Gasteiger partial charge in [0.1, 0.15) is 13.2 Å². The van der Waals surface area contributed by atoms with Gasteiger partial charge in [-0.15, -0.1) is 11.6 Å². The van der Waals surface area contributed by atoms with E-state index in [9.17, 15) is 0 Å². The van der Waals surface area contributed by atoms with E-state index in [2.05, 4.69) is 4.98 Å². The molecule has 3 nitrogen and oxygen atoms in total. The zero-order valence-electron chi connectivity index (χ0n) is 11.3. The van der Waals surface area contributed by atoms with E-state index in [0.29, 0.717) is 19.6 Å². The highest BCUT2D eigenvalue weighted by atomic mass is 35.5. The number of pyridine rings is 1. The average Bonchev–Trinajstić information content (AvgIpc) is 2.49. The molecular formula is C16H16ClNO2. The van der Waals surface area contributed by atoms with Crippen LogP contribution < -0.4 is 9.47 Å². The zero-order valence-corrected chi connectivity index (χ0v) is 12.1. The lowest BCUT2D eigenvalue weighted by Gasteiger charge is -2.23. The molecule has 1 unspecified atom stereocenters. The number of aryl methyl sites for hydroxylation is 1. The normalized spacial score (nSPS) is 14.9. The van der Waals surface area contributed by atoms with Crippen LogP contribution in [-0.4, -0.2) is 18.2 Å². The first kappa shape index (κ1) is 13.3. The van der Waals surface area contributed by atoms with Gasteiger partial charge in [0.05, 0.1) is 5.38 Å². The third kappa shape index (κ3) is 2.59. The molecular weight excluding hydrogens is 274 g/mol. The Morgan fingerprint density at radius 1 is 1.20 bits per heavy atom. The summed E-state index contributed by atoms with van der Waals surface area (Å²) in [6.07, 6.45) is 2.47. The van der Waals surface area contributed by atoms with Crippen LogP contribution in [-0.2, 0) is 6.42 Å². The van der Waals surface area contributed by atoms with Gasteiger partial charge in [0.15, 0.2) is 11.5 Å². The SMILES string of the molecule is Cc1cccnc1CC(Cl)c1cccc2c1OCCO2. The van der Waals surface area contributed by atoms with Crippen molar-refractivity contribution in [2.45, 2.75) is 18.7 Å². The highest BCUT2D eigenvalue weighted by molar-refractivity contribution is 6.21. The Balaban J connectivity index is 1.88. The van der Waals surface area contributed by atoms with Crippen molar-refractivity contribution in [1.82, 2.24) is 4.98 Å². The summed E-state index contributed by atoms with van der Waals surface area (Å²) in [5, 5.41) is -0.180. The fourth-order valence-corrected chi connectivity index (χ4v) is 2.67. The topological polar surface area (TPSA) is 31.4 Å². The average molecular weight is 290 g/mol. The number of halogens is 1. The van der Waals surface area contributed by atoms with Crippen LogP contribution in [0.15, 0.2) is 36.5 Å². The van der Waals surface area contributed by atoms with Gasteiger partial charge in [-0.1, -0.05) is 18.2 Å². The largest absolute Gasteiger partial charge is 0.486 e. The minimum atomic E-state index is -0.180. The van der Waals surface area contributed by atoms with Gasteiger partial charge in [-0.25, -0.2) is 0 Å². The Labute approximate surface area is 123 Å². The number of rotatable bonds is 3. The summed E-state index contributed by atoms with van der Waals surface area (Å²) in [5.41, 5.74) is 3.14. The third-order valence-corrected chi connectivity index (χ3v) is 3.81. The van der Waals surface area contributed by atoms with Crippen LogP contribution in [0, 0.1) is 6.92 Å². The summed E-state index contributed by atoms with van der Waals surface area (Å²) in [6.45, 7) is 3.20. The number of benzene rings is 1. The monoisotopic (exact) mass is 289 g/mol. The van der Waals surface area contributed by atoms with Crippen LogP contribution in [0.5, 0.6) is 11.5 Å². The predicted octanol–water partition coefficient (Wildman–Crippen LogP) is 3.68. The van der Waals surface area contributed by atoms with Gasteiger partial charge in [0.25, 0.3) is 0 Å². The molecule has 2 aromatic rings. The van der Waals surface area contributed by atoms with E-state index >= 15 is 0 Å². The van der Waals surface area contributed by atoms with Gasteiger partial charge in [0.2, 0.25) is 0 Å². The summed E-state index contributed by atoms with van der Waals surface area (Å²) < 4.78 is 11.3. The molecule has 2 heterocycles. The van der Waals surface area contributed by atoms with Gasteiger partial charge in [-0.3, -0.25) is 4.98 Å². The molecule has 0 bridgehead atoms. The van der Waals surface area contributed by atoms with Crippen molar-refractivity contribution in [2.75, 3.05) is 13.2 Å². The van der Waals surface area contributed by atoms with Crippen LogP contribution >= 0.6 is 11.6 Å². The lowest BCUT2D eigenvalue weighted by atomic mass is 10.0. The minimum absolute atomic E-state index is 0.180. The van der Waals surface area contributed by atoms with E-state index < -0.39 is 0 Å². The van der Waals surface area contributed by atoms with Crippen LogP contribution in [0.25, 0.3) is 0 Å². The highest BCUT2D eigenvalue weighted by Crippen LogP contribution is 2.40. The van der Waals surface area contributed by atoms with E-state index in [1.54, 1.807) is 6.20 Å². The van der Waals surface area contributed by atoms with E-state index in [-0.39, 0.29) is 5.38 Å². The smallest absolute Gasteiger partial charge is 0.166 e. The van der Waals surface area contributed by atoms with Crippen LogP contribution in [0.3, 0.4) is 0 Å². The molecule has 3 rings (SSSR count). The van der Waals surface area contributed by atoms with E-state index in [1.807, 2.05) is 37.3 Å². The number of hydrogen-bond acceptors (Lipinski definition) is 3. The van der Waals surface area contributed by atoms with Gasteiger partial charge < -0.3 is 9.47 Å². The number of ether oxygens (including phenoxy) is 2. The number of hydrogen-bond donors (Lipinski definition) is 0. The lowest BCUT2D eigenvalue weighted by molar-refractivity contribution is 0.170. The summed E-state index contributed by atoms with van der Waals surface area (Å²) in [7, 11) is 0. The molecule has 0 saturated carbocycles. The summed E-state index contributed by atoms with van der Waals surface area (Å²) in [6, 6.07) is 9.83. The molecule has 104 valence electrons. The van der Waals surface area contributed by atoms with Crippen molar-refractivity contribution < 1.29 is 9.47 Å². The van der Waals surface area contributed by atoms with Crippen molar-refractivity contribution in [3.05, 3.63) is 53.3 Å². The Kier molecular flexibility index (Phi) is 3.79. The minimum Gasteiger partial charge on any atom is -0.486 e. The number of para-hydroxylation sites is 1. The van der Waals surface area contributed by atoms with E-state index in [4.69, 9.17) is 21.1 Å². The Hall–Kier alpha value is -1.74. The van der Waals surface area contributed by atoms with E-state index in [1.165, 1.54) is 0 Å². The molecule has 0 radical (unpaired) electrons. The number of alkyl halides is 1. The molecule has 1 aliphatic rings. The number of fused-ring (bicyclic) bond motifs is 1. The van der Waals surface area contributed by atoms with Gasteiger partial charge in [0, 0.05) is 23.9 Å². The van der Waals surface area contributed by atoms with Crippen LogP contribution in [0.2, 0.25) is 0 Å². The second-order valence-electron chi connectivity index (χ2n) is 4.81. The Morgan fingerprint density at radius 3 is 2.90 bits per heavy atom. The maximum Gasteiger partial charge on any atom is 0.166 e. The Morgan fingerprint density at radius 2 is 2.05 bits per heavy atom. The second-order valence-corrected chi connectivity index (χ2v) is 5.34. The molecule has 1 aliphatic heterocycles. The summed E-state index contributed by atoms with van der Waals surface area (Å²) in [5.74, 6) is 1.55. The maximum absolute atomic E-state index is 6.57. The summed E-state index contributed by atoms with van der Waals surface area (Å²) in [4.78, 5) is 4.40. The predicted molar refractivity (Wildman–Crippen MR) is 78.7 cm³/mol. The van der Waals surface area contributed by atoms with Crippen molar-refractivity contribution in [2.24, 2.45) is 0 Å². The van der Waals surface area contributed by atoms with Crippen molar-refractivity contribution in [1.29, 1.82) is 0 Å². The molecule has 1 atom stereocenters. The second kappa shape index (κ2) is 5.71. The number of nitrogens with zero attached hydrogens (tertiary/aromatic N) is 1. The molecule has 1 aromatic heterocycles. The molecule has 0 aliphatic carbocycles. The fraction of sp³-hybridized carbons (Fsp3) is 0.312. The van der Waals surface area contributed by atoms with Gasteiger partial charge in [-0.05, 0) is 24.6 Å². The fourth-order valence-electron chi connectivity index (χ4n) is 2.35. The van der Waals surface area contributed by atoms with Gasteiger partial charge >= 0.3 is 0 Å². The number of aromatic nitrogens is 1. The first-order valence-electron chi connectivity index (χ1n) is 6.69. The van der Waals surface area contributed by atoms with Gasteiger partial charge in [-0.2, -0.15) is 0 Å². The molecule has 4 heteroatoms. The maximum atomic E-state index is 6.57. The lowest BCUT2D eigenvalue weighted by Crippen LogP contribution is -2.17. The zero-order chi connectivity index (χ0) is 13.9. The first-order chi connectivity index (χ1) is 9.75. The molecule has 0 amide bonds. The molecule has 1 aromatic carbocycles. The molecule has 20 heavy (non-hydrogen) atoms. The molecule has 0 N–H and O–H groups in total. The van der Waals surface area contributed by atoms with Crippen molar-refractivity contribution >= 4 is 11.6 Å². The third-order valence-electron chi connectivity index (χ3n) is 3.42. The van der Waals surface area contributed by atoms with Crippen LogP contribution in [0.4, 0.5) is 0 Å². The van der Waals surface area contributed by atoms with E-state index in [0.717, 1.165) is 28.3 Å². The first-order valence-corrected chi connectivity index (χ1v) is 7.12. The van der Waals surface area contributed by atoms with Crippen molar-refractivity contribution in [3.8, 4) is 11.5 Å². The standard InChI is InChI=1S/C16H16ClNO2/c1-11-4-3-7-18-14(11)10-13(17)12-5-2-6-15-16(12)20-9-8-19-15/h2-7,13H,8-10H2,1H3. The van der Waals surface area contributed by atoms with Crippen molar-refractivity contribution in [3.63, 3.8) is 0 Å². The Bertz CT molecular complexity index is 615. The van der Waals surface area contributed by atoms with Crippen LogP contribution in [0.1, 0.15) is 22.2 Å². The highest BCUT2D eigenvalue weighted by Gasteiger charge is 2.21. The summed E-state index contributed by atoms with van der Waals surface area (Å²) >= 11 is 6.57. The molecule has 0 saturated heterocycles. The quantitative estimate of drug-likeness (QED) is 0.808.